The van der Waals surface area contributed by atoms with Gasteiger partial charge in [0.2, 0.25) is 0 Å². The van der Waals surface area contributed by atoms with E-state index in [4.69, 9.17) is 11.6 Å². The molecule has 7 heteroatoms. The number of imidazole rings is 1. The van der Waals surface area contributed by atoms with E-state index in [1.165, 1.54) is 11.4 Å². The third-order valence-corrected chi connectivity index (χ3v) is 4.43. The fraction of sp³-hybridized carbons (Fsp3) is 0.727. The lowest BCUT2D eigenvalue weighted by Crippen LogP contribution is -2.31. The summed E-state index contributed by atoms with van der Waals surface area (Å²) in [5.74, 6) is 0.711. The van der Waals surface area contributed by atoms with E-state index in [2.05, 4.69) is 4.98 Å². The van der Waals surface area contributed by atoms with Gasteiger partial charge in [0.25, 0.3) is 10.0 Å². The molecule has 0 amide bonds. The van der Waals surface area contributed by atoms with E-state index in [0.717, 1.165) is 13.0 Å². The zero-order valence-electron chi connectivity index (χ0n) is 11.2. The first kappa shape index (κ1) is 15.5. The summed E-state index contributed by atoms with van der Waals surface area (Å²) in [5.41, 5.74) is 0. The van der Waals surface area contributed by atoms with Gasteiger partial charge in [0.1, 0.15) is 5.82 Å². The van der Waals surface area contributed by atoms with Crippen molar-refractivity contribution in [3.8, 4) is 0 Å². The molecule has 1 aromatic heterocycles. The van der Waals surface area contributed by atoms with Crippen molar-refractivity contribution in [1.82, 2.24) is 13.9 Å². The van der Waals surface area contributed by atoms with Crippen LogP contribution < -0.4 is 0 Å². The predicted molar refractivity (Wildman–Crippen MR) is 72.4 cm³/mol. The molecule has 104 valence electrons. The quantitative estimate of drug-likeness (QED) is 0.752. The fourth-order valence-electron chi connectivity index (χ4n) is 1.68. The molecule has 18 heavy (non-hydrogen) atoms. The molecule has 1 aromatic rings. The normalized spacial score (nSPS) is 14.1. The molecule has 0 spiro atoms. The maximum absolute atomic E-state index is 12.2. The number of rotatable bonds is 6. The summed E-state index contributed by atoms with van der Waals surface area (Å²) in [4.78, 5) is 4.12. The van der Waals surface area contributed by atoms with Crippen molar-refractivity contribution < 1.29 is 8.42 Å². The average molecular weight is 294 g/mol. The first-order valence-corrected chi connectivity index (χ1v) is 7.80. The second-order valence-corrected chi connectivity index (χ2v) is 7.12. The van der Waals surface area contributed by atoms with E-state index in [9.17, 15) is 8.42 Å². The van der Waals surface area contributed by atoms with Crippen LogP contribution in [0.2, 0.25) is 0 Å². The number of nitrogens with zero attached hydrogens (tertiary/aromatic N) is 3. The van der Waals surface area contributed by atoms with Crippen LogP contribution >= 0.6 is 11.6 Å². The van der Waals surface area contributed by atoms with Crippen LogP contribution in [0.1, 0.15) is 26.1 Å². The standard InChI is InChI=1S/C11H20ClN3O2S/c1-5-6-15-8-11(13-10(15)3)18(16,17)14(4)7-9(2)12/h8-9H,5-7H2,1-4H3. The fourth-order valence-corrected chi connectivity index (χ4v) is 3.22. The highest BCUT2D eigenvalue weighted by atomic mass is 35.5. The number of aromatic nitrogens is 2. The molecule has 0 saturated carbocycles. The van der Waals surface area contributed by atoms with Crippen LogP contribution in [0, 0.1) is 6.92 Å². The molecule has 1 heterocycles. The Morgan fingerprint density at radius 2 is 2.17 bits per heavy atom. The van der Waals surface area contributed by atoms with Crippen LogP contribution in [0.4, 0.5) is 0 Å². The van der Waals surface area contributed by atoms with Gasteiger partial charge >= 0.3 is 0 Å². The zero-order valence-corrected chi connectivity index (χ0v) is 12.8. The Morgan fingerprint density at radius 1 is 1.56 bits per heavy atom. The van der Waals surface area contributed by atoms with E-state index < -0.39 is 10.0 Å². The van der Waals surface area contributed by atoms with Gasteiger partial charge < -0.3 is 4.57 Å². The molecule has 0 aromatic carbocycles. The van der Waals surface area contributed by atoms with Crippen LogP contribution in [-0.4, -0.2) is 41.2 Å². The Bertz CT molecular complexity index is 496. The SMILES string of the molecule is CCCn1cc(S(=O)(=O)N(C)CC(C)Cl)nc1C. The van der Waals surface area contributed by atoms with Crippen molar-refractivity contribution in [2.45, 2.75) is 44.1 Å². The highest BCUT2D eigenvalue weighted by Gasteiger charge is 2.25. The summed E-state index contributed by atoms with van der Waals surface area (Å²) in [6, 6.07) is 0. The Labute approximate surface area is 114 Å². The summed E-state index contributed by atoms with van der Waals surface area (Å²) >= 11 is 5.82. The van der Waals surface area contributed by atoms with Gasteiger partial charge in [-0.1, -0.05) is 6.92 Å². The third kappa shape index (κ3) is 3.46. The number of alkyl halides is 1. The van der Waals surface area contributed by atoms with E-state index in [0.29, 0.717) is 5.82 Å². The summed E-state index contributed by atoms with van der Waals surface area (Å²) in [5, 5.41) is -0.142. The smallest absolute Gasteiger partial charge is 0.261 e. The maximum Gasteiger partial charge on any atom is 0.261 e. The lowest BCUT2D eigenvalue weighted by molar-refractivity contribution is 0.468. The lowest BCUT2D eigenvalue weighted by Gasteiger charge is -2.16. The highest BCUT2D eigenvalue weighted by molar-refractivity contribution is 7.89. The highest BCUT2D eigenvalue weighted by Crippen LogP contribution is 2.15. The zero-order chi connectivity index (χ0) is 13.9. The molecule has 0 radical (unpaired) electrons. The van der Waals surface area contributed by atoms with Crippen molar-refractivity contribution in [2.24, 2.45) is 0 Å². The largest absolute Gasteiger partial charge is 0.334 e. The monoisotopic (exact) mass is 293 g/mol. The minimum atomic E-state index is -3.54. The van der Waals surface area contributed by atoms with Crippen LogP contribution in [0.25, 0.3) is 0 Å². The lowest BCUT2D eigenvalue weighted by atomic mass is 10.5. The minimum Gasteiger partial charge on any atom is -0.334 e. The van der Waals surface area contributed by atoms with Crippen LogP contribution in [0.15, 0.2) is 11.2 Å². The molecule has 0 bridgehead atoms. The Kier molecular flexibility index (Phi) is 5.19. The Balaban J connectivity index is 3.01. The first-order valence-electron chi connectivity index (χ1n) is 5.93. The van der Waals surface area contributed by atoms with Gasteiger partial charge in [0.05, 0.1) is 0 Å². The number of sulfonamides is 1. The number of hydrogen-bond donors (Lipinski definition) is 0. The molecule has 1 rings (SSSR count). The minimum absolute atomic E-state index is 0.0910. The van der Waals surface area contributed by atoms with Crippen molar-refractivity contribution in [2.75, 3.05) is 13.6 Å². The second-order valence-electron chi connectivity index (χ2n) is 4.39. The van der Waals surface area contributed by atoms with Crippen molar-refractivity contribution in [3.05, 3.63) is 12.0 Å². The molecule has 0 saturated heterocycles. The molecule has 0 N–H and O–H groups in total. The van der Waals surface area contributed by atoms with E-state index in [1.807, 2.05) is 11.5 Å². The number of halogens is 1. The van der Waals surface area contributed by atoms with E-state index >= 15 is 0 Å². The Morgan fingerprint density at radius 3 is 2.67 bits per heavy atom. The maximum atomic E-state index is 12.2. The summed E-state index contributed by atoms with van der Waals surface area (Å²) in [6.45, 7) is 6.63. The van der Waals surface area contributed by atoms with E-state index in [1.54, 1.807) is 20.0 Å². The number of hydrogen-bond acceptors (Lipinski definition) is 3. The van der Waals surface area contributed by atoms with Gasteiger partial charge in [0.15, 0.2) is 5.03 Å². The van der Waals surface area contributed by atoms with Gasteiger partial charge in [-0.3, -0.25) is 0 Å². The molecule has 0 aliphatic heterocycles. The van der Waals surface area contributed by atoms with Gasteiger partial charge in [-0.15, -0.1) is 11.6 Å². The topological polar surface area (TPSA) is 55.2 Å². The second kappa shape index (κ2) is 6.04. The van der Waals surface area contributed by atoms with Gasteiger partial charge in [-0.2, -0.15) is 4.31 Å². The van der Waals surface area contributed by atoms with Crippen LogP contribution in [0.5, 0.6) is 0 Å². The molecule has 0 aliphatic carbocycles. The summed E-state index contributed by atoms with van der Waals surface area (Å²) < 4.78 is 27.5. The molecular weight excluding hydrogens is 274 g/mol. The van der Waals surface area contributed by atoms with Gasteiger partial charge in [-0.25, -0.2) is 13.4 Å². The average Bonchev–Trinajstić information content (AvgIpc) is 2.60. The van der Waals surface area contributed by atoms with Crippen molar-refractivity contribution in [3.63, 3.8) is 0 Å². The van der Waals surface area contributed by atoms with Gasteiger partial charge in [0, 0.05) is 31.7 Å². The van der Waals surface area contributed by atoms with Gasteiger partial charge in [-0.05, 0) is 20.3 Å². The van der Waals surface area contributed by atoms with Crippen LogP contribution in [-0.2, 0) is 16.6 Å². The Hall–Kier alpha value is -0.590. The van der Waals surface area contributed by atoms with E-state index in [-0.39, 0.29) is 16.9 Å². The van der Waals surface area contributed by atoms with Crippen LogP contribution in [0.3, 0.4) is 0 Å². The molecule has 0 aliphatic rings. The van der Waals surface area contributed by atoms with Crippen molar-refractivity contribution >= 4 is 21.6 Å². The summed E-state index contributed by atoms with van der Waals surface area (Å²) in [6.07, 6.45) is 2.52. The number of aryl methyl sites for hydroxylation is 2. The molecule has 0 fully saturated rings. The predicted octanol–water partition coefficient (Wildman–Crippen LogP) is 1.85. The van der Waals surface area contributed by atoms with Crippen molar-refractivity contribution in [1.29, 1.82) is 0 Å². The summed E-state index contributed by atoms with van der Waals surface area (Å²) in [7, 11) is -2.02. The first-order chi connectivity index (χ1) is 8.28. The molecule has 1 unspecified atom stereocenters. The third-order valence-electron chi connectivity index (χ3n) is 2.60. The molecule has 5 nitrogen and oxygen atoms in total. The molecular formula is C11H20ClN3O2S. The molecule has 1 atom stereocenters.